The van der Waals surface area contributed by atoms with Gasteiger partial charge >= 0.3 is 0 Å². The summed E-state index contributed by atoms with van der Waals surface area (Å²) in [6.07, 6.45) is 7.41. The molecule has 0 aliphatic heterocycles. The predicted molar refractivity (Wildman–Crippen MR) is 74.3 cm³/mol. The molecule has 1 aliphatic rings. The third-order valence-electron chi connectivity index (χ3n) is 3.61. The van der Waals surface area contributed by atoms with Crippen LogP contribution in [-0.2, 0) is 6.42 Å². The van der Waals surface area contributed by atoms with Crippen LogP contribution in [0.15, 0.2) is 49.6 Å². The van der Waals surface area contributed by atoms with Crippen LogP contribution in [0.3, 0.4) is 0 Å². The molecule has 1 aromatic carbocycles. The summed E-state index contributed by atoms with van der Waals surface area (Å²) < 4.78 is 0. The van der Waals surface area contributed by atoms with Crippen molar-refractivity contribution in [3.63, 3.8) is 0 Å². The number of benzene rings is 1. The van der Waals surface area contributed by atoms with Crippen molar-refractivity contribution in [3.8, 4) is 0 Å². The van der Waals surface area contributed by atoms with Crippen LogP contribution in [0.5, 0.6) is 0 Å². The fourth-order valence-corrected chi connectivity index (χ4v) is 2.80. The Kier molecular flexibility index (Phi) is 4.16. The Labute approximate surface area is 104 Å². The average Bonchev–Trinajstić information content (AvgIpc) is 2.38. The second-order valence-electron chi connectivity index (χ2n) is 4.67. The Balaban J connectivity index is 2.22. The van der Waals surface area contributed by atoms with Crippen LogP contribution in [0, 0.1) is 0 Å². The first-order valence-electron chi connectivity index (χ1n) is 6.39. The first-order valence-corrected chi connectivity index (χ1v) is 6.39. The smallest absolute Gasteiger partial charge is 0.0145 e. The molecule has 0 saturated heterocycles. The van der Waals surface area contributed by atoms with Crippen LogP contribution in [-0.4, -0.2) is 12.6 Å². The maximum absolute atomic E-state index is 3.89. The third-order valence-corrected chi connectivity index (χ3v) is 3.61. The van der Waals surface area contributed by atoms with E-state index in [1.807, 2.05) is 12.2 Å². The molecule has 0 bridgehead atoms. The van der Waals surface area contributed by atoms with Crippen LogP contribution < -0.4 is 5.32 Å². The Morgan fingerprint density at radius 3 is 2.82 bits per heavy atom. The van der Waals surface area contributed by atoms with E-state index in [2.05, 4.69) is 42.7 Å². The van der Waals surface area contributed by atoms with Gasteiger partial charge in [0.2, 0.25) is 0 Å². The quantitative estimate of drug-likeness (QED) is 0.760. The van der Waals surface area contributed by atoms with Gasteiger partial charge in [0.15, 0.2) is 0 Å². The van der Waals surface area contributed by atoms with Gasteiger partial charge in [-0.25, -0.2) is 0 Å². The lowest BCUT2D eigenvalue weighted by molar-refractivity contribution is 0.402. The van der Waals surface area contributed by atoms with Crippen molar-refractivity contribution in [3.05, 3.63) is 60.7 Å². The number of hydrogen-bond acceptors (Lipinski definition) is 1. The standard InChI is InChI=1S/C16H21N/c1-3-7-15-14-9-6-5-8-13(14)10-11-16(15)17-12-4-2/h3-6,8-9,15-17H,1-2,7,10-12H2/t15-,16+/m0/s1. The number of aryl methyl sites for hydroxylation is 1. The molecular weight excluding hydrogens is 206 g/mol. The Bertz CT molecular complexity index is 394. The average molecular weight is 227 g/mol. The molecular formula is C16H21N. The first-order chi connectivity index (χ1) is 8.36. The van der Waals surface area contributed by atoms with Crippen molar-refractivity contribution in [1.82, 2.24) is 5.32 Å². The SMILES string of the molecule is C=CCN[C@@H]1CCc2ccccc2[C@@H]1CC=C. The molecule has 0 radical (unpaired) electrons. The zero-order chi connectivity index (χ0) is 12.1. The lowest BCUT2D eigenvalue weighted by Crippen LogP contribution is -2.38. The summed E-state index contributed by atoms with van der Waals surface area (Å²) in [6, 6.07) is 9.37. The van der Waals surface area contributed by atoms with Crippen molar-refractivity contribution in [2.24, 2.45) is 0 Å². The van der Waals surface area contributed by atoms with Crippen LogP contribution in [0.2, 0.25) is 0 Å². The Morgan fingerprint density at radius 2 is 2.06 bits per heavy atom. The molecule has 0 spiro atoms. The molecule has 2 rings (SSSR count). The molecule has 0 amide bonds. The highest BCUT2D eigenvalue weighted by Gasteiger charge is 2.27. The van der Waals surface area contributed by atoms with E-state index in [1.165, 1.54) is 24.0 Å². The Hall–Kier alpha value is -1.34. The van der Waals surface area contributed by atoms with Gasteiger partial charge in [-0.15, -0.1) is 13.2 Å². The lowest BCUT2D eigenvalue weighted by atomic mass is 9.77. The van der Waals surface area contributed by atoms with Crippen molar-refractivity contribution in [2.45, 2.75) is 31.2 Å². The fraction of sp³-hybridized carbons (Fsp3) is 0.375. The number of rotatable bonds is 5. The monoisotopic (exact) mass is 227 g/mol. The largest absolute Gasteiger partial charge is 0.310 e. The summed E-state index contributed by atoms with van der Waals surface area (Å²) in [7, 11) is 0. The molecule has 1 aliphatic carbocycles. The zero-order valence-electron chi connectivity index (χ0n) is 10.4. The van der Waals surface area contributed by atoms with Gasteiger partial charge in [0.25, 0.3) is 0 Å². The molecule has 1 nitrogen and oxygen atoms in total. The maximum Gasteiger partial charge on any atom is 0.0145 e. The maximum atomic E-state index is 3.89. The predicted octanol–water partition coefficient (Wildman–Crippen LogP) is 3.44. The molecule has 0 heterocycles. The van der Waals surface area contributed by atoms with Crippen molar-refractivity contribution in [2.75, 3.05) is 6.54 Å². The summed E-state index contributed by atoms with van der Waals surface area (Å²) >= 11 is 0. The van der Waals surface area contributed by atoms with E-state index in [-0.39, 0.29) is 0 Å². The first kappa shape index (κ1) is 12.1. The van der Waals surface area contributed by atoms with E-state index >= 15 is 0 Å². The molecule has 0 saturated carbocycles. The minimum Gasteiger partial charge on any atom is -0.310 e. The molecule has 17 heavy (non-hydrogen) atoms. The third kappa shape index (κ3) is 2.67. The summed E-state index contributed by atoms with van der Waals surface area (Å²) in [5, 5.41) is 3.58. The van der Waals surface area contributed by atoms with Crippen LogP contribution in [0.4, 0.5) is 0 Å². The van der Waals surface area contributed by atoms with Gasteiger partial charge in [-0.2, -0.15) is 0 Å². The van der Waals surface area contributed by atoms with Crippen molar-refractivity contribution in [1.29, 1.82) is 0 Å². The highest BCUT2D eigenvalue weighted by Crippen LogP contribution is 2.34. The number of fused-ring (bicyclic) bond motifs is 1. The summed E-state index contributed by atoms with van der Waals surface area (Å²) in [5.74, 6) is 0.567. The molecule has 1 aromatic rings. The van der Waals surface area contributed by atoms with Gasteiger partial charge in [0.05, 0.1) is 0 Å². The van der Waals surface area contributed by atoms with E-state index in [4.69, 9.17) is 0 Å². The van der Waals surface area contributed by atoms with Gasteiger partial charge < -0.3 is 5.32 Å². The second-order valence-corrected chi connectivity index (χ2v) is 4.67. The topological polar surface area (TPSA) is 12.0 Å². The summed E-state index contributed by atoms with van der Waals surface area (Å²) in [4.78, 5) is 0. The zero-order valence-corrected chi connectivity index (χ0v) is 10.4. The minimum atomic E-state index is 0.556. The van der Waals surface area contributed by atoms with Crippen molar-refractivity contribution < 1.29 is 0 Å². The fourth-order valence-electron chi connectivity index (χ4n) is 2.80. The van der Waals surface area contributed by atoms with Gasteiger partial charge in [0.1, 0.15) is 0 Å². The van der Waals surface area contributed by atoms with Crippen LogP contribution in [0.1, 0.15) is 29.9 Å². The van der Waals surface area contributed by atoms with Crippen molar-refractivity contribution >= 4 is 0 Å². The summed E-state index contributed by atoms with van der Waals surface area (Å²) in [5.41, 5.74) is 3.01. The van der Waals surface area contributed by atoms with Gasteiger partial charge in [-0.3, -0.25) is 0 Å². The second kappa shape index (κ2) is 5.83. The van der Waals surface area contributed by atoms with Crippen LogP contribution >= 0.6 is 0 Å². The lowest BCUT2D eigenvalue weighted by Gasteiger charge is -2.33. The Morgan fingerprint density at radius 1 is 1.24 bits per heavy atom. The highest BCUT2D eigenvalue weighted by molar-refractivity contribution is 5.34. The molecule has 0 fully saturated rings. The van der Waals surface area contributed by atoms with E-state index in [9.17, 15) is 0 Å². The molecule has 0 unspecified atom stereocenters. The molecule has 2 atom stereocenters. The molecule has 90 valence electrons. The minimum absolute atomic E-state index is 0.556. The van der Waals surface area contributed by atoms with E-state index in [0.717, 1.165) is 13.0 Å². The van der Waals surface area contributed by atoms with Gasteiger partial charge in [-0.05, 0) is 30.4 Å². The number of allylic oxidation sites excluding steroid dienone is 1. The normalized spacial score (nSPS) is 22.8. The van der Waals surface area contributed by atoms with E-state index in [0.29, 0.717) is 12.0 Å². The van der Waals surface area contributed by atoms with Gasteiger partial charge in [-0.1, -0.05) is 36.4 Å². The van der Waals surface area contributed by atoms with Gasteiger partial charge in [0, 0.05) is 18.5 Å². The van der Waals surface area contributed by atoms with E-state index in [1.54, 1.807) is 0 Å². The van der Waals surface area contributed by atoms with E-state index < -0.39 is 0 Å². The molecule has 0 aromatic heterocycles. The number of nitrogens with one attached hydrogen (secondary N) is 1. The molecule has 1 N–H and O–H groups in total. The highest BCUT2D eigenvalue weighted by atomic mass is 14.9. The number of hydrogen-bond donors (Lipinski definition) is 1. The van der Waals surface area contributed by atoms with Crippen LogP contribution in [0.25, 0.3) is 0 Å². The summed E-state index contributed by atoms with van der Waals surface area (Å²) in [6.45, 7) is 8.56. The molecule has 1 heteroatoms.